The topological polar surface area (TPSA) is 56.8 Å². The van der Waals surface area contributed by atoms with Crippen molar-refractivity contribution in [1.82, 2.24) is 0 Å². The molecule has 2 heterocycles. The fourth-order valence-corrected chi connectivity index (χ4v) is 2.12. The molecule has 0 amide bonds. The fraction of sp³-hybridized carbons (Fsp3) is 0.167. The second kappa shape index (κ2) is 2.70. The summed E-state index contributed by atoms with van der Waals surface area (Å²) in [5.74, 6) is 0. The molecule has 3 heteroatoms. The molecule has 0 fully saturated rings. The van der Waals surface area contributed by atoms with E-state index >= 15 is 0 Å². The highest BCUT2D eigenvalue weighted by molar-refractivity contribution is 5.55. The lowest BCUT2D eigenvalue weighted by Gasteiger charge is -2.07. The van der Waals surface area contributed by atoms with E-state index in [4.69, 9.17) is 15.3 Å². The molecule has 15 heavy (non-hydrogen) atoms. The Labute approximate surface area is 86.8 Å². The van der Waals surface area contributed by atoms with Crippen molar-refractivity contribution in [3.05, 3.63) is 46.5 Å². The van der Waals surface area contributed by atoms with E-state index in [1.165, 1.54) is 0 Å². The van der Waals surface area contributed by atoms with Crippen LogP contribution in [-0.4, -0.2) is 0 Å². The monoisotopic (exact) mass is 194 g/mol. The SMILES string of the molecule is N#Cc1cc2c(cc1C#N)C1C=CC2O1. The third kappa shape index (κ3) is 0.958. The first-order chi connectivity index (χ1) is 7.33. The Hall–Kier alpha value is -2.10. The summed E-state index contributed by atoms with van der Waals surface area (Å²) in [5, 5.41) is 17.8. The zero-order valence-corrected chi connectivity index (χ0v) is 7.77. The van der Waals surface area contributed by atoms with Gasteiger partial charge in [0, 0.05) is 0 Å². The van der Waals surface area contributed by atoms with Crippen molar-refractivity contribution in [3.63, 3.8) is 0 Å². The van der Waals surface area contributed by atoms with Gasteiger partial charge in [0.15, 0.2) is 0 Å². The van der Waals surface area contributed by atoms with Gasteiger partial charge in [-0.05, 0) is 23.3 Å². The molecule has 1 aromatic rings. The van der Waals surface area contributed by atoms with Crippen molar-refractivity contribution in [2.24, 2.45) is 0 Å². The molecular weight excluding hydrogens is 188 g/mol. The molecule has 2 bridgehead atoms. The Kier molecular flexibility index (Phi) is 1.48. The standard InChI is InChI=1S/C12H6N2O/c13-5-7-3-9-10(4-8(7)6-14)12-2-1-11(9)15-12/h1-4,11-12H. The first-order valence-electron chi connectivity index (χ1n) is 4.65. The average molecular weight is 194 g/mol. The van der Waals surface area contributed by atoms with Gasteiger partial charge in [-0.15, -0.1) is 0 Å². The fourth-order valence-electron chi connectivity index (χ4n) is 2.12. The van der Waals surface area contributed by atoms with Crippen LogP contribution in [0, 0.1) is 22.7 Å². The maximum Gasteiger partial charge on any atom is 0.102 e. The lowest BCUT2D eigenvalue weighted by Crippen LogP contribution is -1.96. The maximum absolute atomic E-state index is 8.89. The number of nitriles is 2. The van der Waals surface area contributed by atoms with Gasteiger partial charge in [0.1, 0.15) is 24.3 Å². The van der Waals surface area contributed by atoms with Gasteiger partial charge in [0.25, 0.3) is 0 Å². The molecule has 0 saturated heterocycles. The summed E-state index contributed by atoms with van der Waals surface area (Å²) in [6, 6.07) is 7.60. The van der Waals surface area contributed by atoms with Gasteiger partial charge in [-0.1, -0.05) is 12.2 Å². The molecule has 0 aromatic heterocycles. The molecule has 3 nitrogen and oxygen atoms in total. The minimum absolute atomic E-state index is 0.0233. The Morgan fingerprint density at radius 1 is 0.933 bits per heavy atom. The zero-order valence-electron chi connectivity index (χ0n) is 7.77. The predicted molar refractivity (Wildman–Crippen MR) is 51.6 cm³/mol. The van der Waals surface area contributed by atoms with Crippen molar-refractivity contribution in [1.29, 1.82) is 10.5 Å². The minimum Gasteiger partial charge on any atom is -0.357 e. The first-order valence-corrected chi connectivity index (χ1v) is 4.65. The summed E-state index contributed by atoms with van der Waals surface area (Å²) in [6.07, 6.45) is 3.93. The molecule has 70 valence electrons. The van der Waals surface area contributed by atoms with E-state index in [0.717, 1.165) is 11.1 Å². The van der Waals surface area contributed by atoms with Crippen LogP contribution in [0.1, 0.15) is 34.5 Å². The summed E-state index contributed by atoms with van der Waals surface area (Å²) in [7, 11) is 0. The summed E-state index contributed by atoms with van der Waals surface area (Å²) in [5.41, 5.74) is 2.91. The highest BCUT2D eigenvalue weighted by Gasteiger charge is 2.34. The van der Waals surface area contributed by atoms with E-state index in [0.29, 0.717) is 11.1 Å². The first kappa shape index (κ1) is 8.23. The molecule has 2 unspecified atom stereocenters. The van der Waals surface area contributed by atoms with Gasteiger partial charge in [-0.3, -0.25) is 0 Å². The second-order valence-corrected chi connectivity index (χ2v) is 3.61. The average Bonchev–Trinajstić information content (AvgIpc) is 2.88. The Morgan fingerprint density at radius 3 is 1.80 bits per heavy atom. The van der Waals surface area contributed by atoms with Crippen LogP contribution in [0.4, 0.5) is 0 Å². The molecule has 2 aliphatic heterocycles. The number of hydrogen-bond donors (Lipinski definition) is 0. The largest absolute Gasteiger partial charge is 0.357 e. The Morgan fingerprint density at radius 2 is 1.40 bits per heavy atom. The van der Waals surface area contributed by atoms with Crippen LogP contribution in [0.3, 0.4) is 0 Å². The molecule has 1 aromatic carbocycles. The second-order valence-electron chi connectivity index (χ2n) is 3.61. The van der Waals surface area contributed by atoms with Crippen LogP contribution < -0.4 is 0 Å². The quantitative estimate of drug-likeness (QED) is 0.594. The lowest BCUT2D eigenvalue weighted by atomic mass is 9.92. The van der Waals surface area contributed by atoms with Gasteiger partial charge in [-0.2, -0.15) is 10.5 Å². The molecular formula is C12H6N2O. The zero-order chi connectivity index (χ0) is 10.4. The predicted octanol–water partition coefficient (Wildman–Crippen LogP) is 2.11. The number of rotatable bonds is 0. The van der Waals surface area contributed by atoms with Crippen molar-refractivity contribution in [3.8, 4) is 12.1 Å². The van der Waals surface area contributed by atoms with Crippen molar-refractivity contribution in [2.45, 2.75) is 12.2 Å². The molecule has 2 atom stereocenters. The summed E-state index contributed by atoms with van der Waals surface area (Å²) >= 11 is 0. The highest BCUT2D eigenvalue weighted by atomic mass is 16.5. The van der Waals surface area contributed by atoms with Crippen LogP contribution >= 0.6 is 0 Å². The summed E-state index contributed by atoms with van der Waals surface area (Å²) in [6.45, 7) is 0. The van der Waals surface area contributed by atoms with E-state index in [-0.39, 0.29) is 12.2 Å². The van der Waals surface area contributed by atoms with E-state index in [2.05, 4.69) is 0 Å². The molecule has 2 aliphatic rings. The third-order valence-corrected chi connectivity index (χ3v) is 2.83. The summed E-state index contributed by atoms with van der Waals surface area (Å²) < 4.78 is 5.61. The van der Waals surface area contributed by atoms with Crippen molar-refractivity contribution in [2.75, 3.05) is 0 Å². The smallest absolute Gasteiger partial charge is 0.102 e. The van der Waals surface area contributed by atoms with Crippen LogP contribution in [0.25, 0.3) is 0 Å². The third-order valence-electron chi connectivity index (χ3n) is 2.83. The Balaban J connectivity index is 2.26. The van der Waals surface area contributed by atoms with Crippen LogP contribution in [0.2, 0.25) is 0 Å². The van der Waals surface area contributed by atoms with Crippen LogP contribution in [-0.2, 0) is 4.74 Å². The maximum atomic E-state index is 8.89. The van der Waals surface area contributed by atoms with Crippen LogP contribution in [0.15, 0.2) is 24.3 Å². The molecule has 0 aliphatic carbocycles. The minimum atomic E-state index is -0.0233. The number of fused-ring (bicyclic) bond motifs is 5. The van der Waals surface area contributed by atoms with Gasteiger partial charge in [0.2, 0.25) is 0 Å². The van der Waals surface area contributed by atoms with Crippen molar-refractivity contribution < 1.29 is 4.74 Å². The number of ether oxygens (including phenoxy) is 1. The van der Waals surface area contributed by atoms with E-state index in [1.807, 2.05) is 24.3 Å². The number of nitrogens with zero attached hydrogens (tertiary/aromatic N) is 2. The lowest BCUT2D eigenvalue weighted by molar-refractivity contribution is 0.0878. The normalized spacial score (nSPS) is 24.7. The molecule has 0 radical (unpaired) electrons. The Bertz CT molecular complexity index is 511. The number of hydrogen-bond acceptors (Lipinski definition) is 3. The van der Waals surface area contributed by atoms with Crippen LogP contribution in [0.5, 0.6) is 0 Å². The van der Waals surface area contributed by atoms with Gasteiger partial charge in [-0.25, -0.2) is 0 Å². The molecule has 0 N–H and O–H groups in total. The van der Waals surface area contributed by atoms with E-state index < -0.39 is 0 Å². The van der Waals surface area contributed by atoms with Gasteiger partial charge < -0.3 is 4.74 Å². The molecule has 0 saturated carbocycles. The molecule has 0 spiro atoms. The highest BCUT2D eigenvalue weighted by Crippen LogP contribution is 2.46. The van der Waals surface area contributed by atoms with Gasteiger partial charge in [0.05, 0.1) is 11.1 Å². The van der Waals surface area contributed by atoms with Crippen molar-refractivity contribution >= 4 is 0 Å². The van der Waals surface area contributed by atoms with E-state index in [9.17, 15) is 0 Å². The number of benzene rings is 1. The van der Waals surface area contributed by atoms with E-state index in [1.54, 1.807) is 12.1 Å². The van der Waals surface area contributed by atoms with Gasteiger partial charge >= 0.3 is 0 Å². The summed E-state index contributed by atoms with van der Waals surface area (Å²) in [4.78, 5) is 0. The molecule has 3 rings (SSSR count).